The molecule has 1 atom stereocenters. The van der Waals surface area contributed by atoms with Gasteiger partial charge in [0.05, 0.1) is 0 Å². The highest BCUT2D eigenvalue weighted by Gasteiger charge is 2.15. The van der Waals surface area contributed by atoms with Crippen LogP contribution in [0.25, 0.3) is 0 Å². The fourth-order valence-electron chi connectivity index (χ4n) is 3.21. The van der Waals surface area contributed by atoms with Gasteiger partial charge >= 0.3 is 0 Å². The topological polar surface area (TPSA) is 58.4 Å². The van der Waals surface area contributed by atoms with Crippen LogP contribution in [-0.2, 0) is 11.3 Å². The number of hydrogen-bond acceptors (Lipinski definition) is 4. The maximum Gasteiger partial charge on any atom is 0.226 e. The smallest absolute Gasteiger partial charge is 0.226 e. The van der Waals surface area contributed by atoms with E-state index in [2.05, 4.69) is 23.2 Å². The van der Waals surface area contributed by atoms with Crippen molar-refractivity contribution in [2.24, 2.45) is 5.73 Å². The highest BCUT2D eigenvalue weighted by atomic mass is 35.5. The number of thioether (sulfide) groups is 1. The number of amides is 1. The Hall–Kier alpha value is -1.24. The molecule has 1 aliphatic heterocycles. The average Bonchev–Trinajstić information content (AvgIpc) is 2.66. The van der Waals surface area contributed by atoms with Crippen molar-refractivity contribution in [3.05, 3.63) is 65.2 Å². The van der Waals surface area contributed by atoms with E-state index >= 15 is 0 Å². The van der Waals surface area contributed by atoms with Crippen molar-refractivity contribution in [3.8, 4) is 0 Å². The van der Waals surface area contributed by atoms with Crippen molar-refractivity contribution in [1.29, 1.82) is 0 Å². The summed E-state index contributed by atoms with van der Waals surface area (Å²) in [6.07, 6.45) is 0.275. The Morgan fingerprint density at radius 3 is 2.46 bits per heavy atom. The van der Waals surface area contributed by atoms with Gasteiger partial charge in [-0.15, -0.1) is 24.8 Å². The molecule has 1 aliphatic rings. The molecule has 1 saturated heterocycles. The van der Waals surface area contributed by atoms with Gasteiger partial charge in [-0.05, 0) is 29.7 Å². The van der Waals surface area contributed by atoms with Gasteiger partial charge in [0.25, 0.3) is 0 Å². The molecule has 0 aromatic heterocycles. The molecule has 0 radical (unpaired) electrons. The number of benzene rings is 2. The zero-order valence-electron chi connectivity index (χ0n) is 16.1. The average molecular weight is 442 g/mol. The van der Waals surface area contributed by atoms with Crippen molar-refractivity contribution in [2.45, 2.75) is 25.9 Å². The number of nitrogens with one attached hydrogen (secondary N) is 1. The molecule has 0 saturated carbocycles. The highest BCUT2D eigenvalue weighted by Crippen LogP contribution is 2.23. The van der Waals surface area contributed by atoms with Crippen LogP contribution in [0, 0.1) is 6.92 Å². The van der Waals surface area contributed by atoms with Crippen molar-refractivity contribution >= 4 is 48.2 Å². The normalized spacial score (nSPS) is 15.1. The number of halogens is 2. The monoisotopic (exact) mass is 441 g/mol. The number of nitrogens with two attached hydrogens (primary N) is 1. The van der Waals surface area contributed by atoms with Crippen LogP contribution in [0.15, 0.2) is 48.5 Å². The fraction of sp³-hybridized carbons (Fsp3) is 0.381. The third-order valence-corrected chi connectivity index (χ3v) is 5.79. The molecule has 1 amide bonds. The van der Waals surface area contributed by atoms with Gasteiger partial charge in [0.1, 0.15) is 0 Å². The molecule has 2 aromatic carbocycles. The molecule has 0 bridgehead atoms. The SMILES string of the molecule is Cc1c(CN2CCSCC2)cccc1NC(=O)CC(N)c1ccccc1.Cl.Cl. The van der Waals surface area contributed by atoms with E-state index in [9.17, 15) is 4.79 Å². The number of anilines is 1. The Labute approximate surface area is 184 Å². The summed E-state index contributed by atoms with van der Waals surface area (Å²) < 4.78 is 0. The summed E-state index contributed by atoms with van der Waals surface area (Å²) in [4.78, 5) is 14.9. The molecule has 3 rings (SSSR count). The lowest BCUT2D eigenvalue weighted by molar-refractivity contribution is -0.116. The van der Waals surface area contributed by atoms with Crippen LogP contribution < -0.4 is 11.1 Å². The minimum Gasteiger partial charge on any atom is -0.326 e. The zero-order chi connectivity index (χ0) is 18.4. The second-order valence-corrected chi connectivity index (χ2v) is 7.97. The number of nitrogens with zero attached hydrogens (tertiary/aromatic N) is 1. The number of rotatable bonds is 6. The molecular weight excluding hydrogens is 413 g/mol. The van der Waals surface area contributed by atoms with Crippen molar-refractivity contribution in [1.82, 2.24) is 4.90 Å². The maximum absolute atomic E-state index is 12.4. The minimum atomic E-state index is -0.287. The molecular formula is C21H29Cl2N3OS. The molecule has 0 aliphatic carbocycles. The van der Waals surface area contributed by atoms with Crippen LogP contribution in [0.5, 0.6) is 0 Å². The first-order valence-corrected chi connectivity index (χ1v) is 10.3. The van der Waals surface area contributed by atoms with Gasteiger partial charge in [0, 0.05) is 49.3 Å². The van der Waals surface area contributed by atoms with Gasteiger partial charge < -0.3 is 11.1 Å². The van der Waals surface area contributed by atoms with Crippen LogP contribution in [0.4, 0.5) is 5.69 Å². The van der Waals surface area contributed by atoms with Gasteiger partial charge in [0.2, 0.25) is 5.91 Å². The molecule has 1 fully saturated rings. The van der Waals surface area contributed by atoms with E-state index in [4.69, 9.17) is 5.73 Å². The van der Waals surface area contributed by atoms with Crippen LogP contribution in [-0.4, -0.2) is 35.4 Å². The Morgan fingerprint density at radius 1 is 1.11 bits per heavy atom. The summed E-state index contributed by atoms with van der Waals surface area (Å²) in [6, 6.07) is 15.6. The number of hydrogen-bond donors (Lipinski definition) is 2. The fourth-order valence-corrected chi connectivity index (χ4v) is 4.19. The second kappa shape index (κ2) is 12.3. The van der Waals surface area contributed by atoms with Gasteiger partial charge in [-0.2, -0.15) is 11.8 Å². The van der Waals surface area contributed by atoms with E-state index in [1.165, 1.54) is 17.1 Å². The van der Waals surface area contributed by atoms with Crippen molar-refractivity contribution in [3.63, 3.8) is 0 Å². The van der Waals surface area contributed by atoms with E-state index in [1.807, 2.05) is 54.2 Å². The number of carbonyl (C=O) groups is 1. The Morgan fingerprint density at radius 2 is 1.79 bits per heavy atom. The van der Waals surface area contributed by atoms with Gasteiger partial charge in [-0.25, -0.2) is 0 Å². The third kappa shape index (κ3) is 6.98. The minimum absolute atomic E-state index is 0. The lowest BCUT2D eigenvalue weighted by Gasteiger charge is -2.27. The first-order valence-electron chi connectivity index (χ1n) is 9.12. The van der Waals surface area contributed by atoms with Crippen molar-refractivity contribution in [2.75, 3.05) is 29.9 Å². The van der Waals surface area contributed by atoms with E-state index in [-0.39, 0.29) is 43.2 Å². The summed E-state index contributed by atoms with van der Waals surface area (Å²) >= 11 is 2.02. The molecule has 0 spiro atoms. The van der Waals surface area contributed by atoms with E-state index in [0.717, 1.165) is 36.4 Å². The van der Waals surface area contributed by atoms with Crippen LogP contribution in [0.2, 0.25) is 0 Å². The lowest BCUT2D eigenvalue weighted by atomic mass is 10.0. The third-order valence-electron chi connectivity index (χ3n) is 4.85. The molecule has 3 N–H and O–H groups in total. The van der Waals surface area contributed by atoms with Crippen LogP contribution in [0.3, 0.4) is 0 Å². The molecule has 4 nitrogen and oxygen atoms in total. The molecule has 7 heteroatoms. The summed E-state index contributed by atoms with van der Waals surface area (Å²) in [6.45, 7) is 5.29. The predicted octanol–water partition coefficient (Wildman–Crippen LogP) is 4.42. The molecule has 1 unspecified atom stereocenters. The Kier molecular flexibility index (Phi) is 10.9. The summed E-state index contributed by atoms with van der Waals surface area (Å²) in [5.74, 6) is 2.36. The quantitative estimate of drug-likeness (QED) is 0.696. The summed E-state index contributed by atoms with van der Waals surface area (Å²) in [5.41, 5.74) is 10.5. The van der Waals surface area contributed by atoms with Crippen LogP contribution in [0.1, 0.15) is 29.2 Å². The number of carbonyl (C=O) groups excluding carboxylic acids is 1. The largest absolute Gasteiger partial charge is 0.326 e. The molecule has 154 valence electrons. The Balaban J connectivity index is 0.00000196. The predicted molar refractivity (Wildman–Crippen MR) is 125 cm³/mol. The summed E-state index contributed by atoms with van der Waals surface area (Å²) in [7, 11) is 0. The second-order valence-electron chi connectivity index (χ2n) is 6.75. The lowest BCUT2D eigenvalue weighted by Crippen LogP contribution is -2.32. The van der Waals surface area contributed by atoms with E-state index in [0.29, 0.717) is 0 Å². The molecule has 2 aromatic rings. The van der Waals surface area contributed by atoms with Crippen LogP contribution >= 0.6 is 36.6 Å². The highest BCUT2D eigenvalue weighted by molar-refractivity contribution is 7.99. The Bertz CT molecular complexity index is 740. The first kappa shape index (κ1) is 24.8. The molecule has 1 heterocycles. The van der Waals surface area contributed by atoms with E-state index in [1.54, 1.807) is 0 Å². The first-order chi connectivity index (χ1) is 12.6. The maximum atomic E-state index is 12.4. The van der Waals surface area contributed by atoms with Gasteiger partial charge in [0.15, 0.2) is 0 Å². The summed E-state index contributed by atoms with van der Waals surface area (Å²) in [5, 5.41) is 3.05. The van der Waals surface area contributed by atoms with E-state index < -0.39 is 0 Å². The van der Waals surface area contributed by atoms with Gasteiger partial charge in [-0.3, -0.25) is 9.69 Å². The molecule has 28 heavy (non-hydrogen) atoms. The van der Waals surface area contributed by atoms with Crippen molar-refractivity contribution < 1.29 is 4.79 Å². The standard InChI is InChI=1S/C21H27N3OS.2ClH/c1-16-18(15-24-10-12-26-13-11-24)8-5-9-20(16)23-21(25)14-19(22)17-6-3-2-4-7-17;;/h2-9,19H,10-15,22H2,1H3,(H,23,25);2*1H. The van der Waals surface area contributed by atoms with Gasteiger partial charge in [-0.1, -0.05) is 42.5 Å². The zero-order valence-corrected chi connectivity index (χ0v) is 18.5.